The molecule has 1 unspecified atom stereocenters. The number of urea groups is 1. The van der Waals surface area contributed by atoms with Crippen molar-refractivity contribution in [3.05, 3.63) is 0 Å². The van der Waals surface area contributed by atoms with E-state index in [9.17, 15) is 22.8 Å². The van der Waals surface area contributed by atoms with Gasteiger partial charge in [-0.05, 0) is 13.8 Å². The molecule has 0 fully saturated rings. The molecule has 0 rings (SSSR count). The van der Waals surface area contributed by atoms with Crippen molar-refractivity contribution in [3.8, 4) is 0 Å². The van der Waals surface area contributed by atoms with E-state index in [1.54, 1.807) is 13.8 Å². The maximum absolute atomic E-state index is 12.1. The lowest BCUT2D eigenvalue weighted by atomic mass is 10.2. The summed E-state index contributed by atoms with van der Waals surface area (Å²) in [4.78, 5) is 24.7. The number of halogens is 3. The quantitative estimate of drug-likeness (QED) is 0.813. The molecule has 0 saturated heterocycles. The minimum atomic E-state index is -4.32. The largest absolute Gasteiger partial charge is 0.481 e. The lowest BCUT2D eigenvalue weighted by Crippen LogP contribution is -2.47. The Bertz CT molecular complexity index is 321. The molecule has 0 aliphatic carbocycles. The smallest absolute Gasteiger partial charge is 0.390 e. The summed E-state index contributed by atoms with van der Waals surface area (Å²) < 4.78 is 36.2. The molecule has 0 aliphatic heterocycles. The van der Waals surface area contributed by atoms with E-state index in [4.69, 9.17) is 5.11 Å². The van der Waals surface area contributed by atoms with Crippen molar-refractivity contribution < 1.29 is 27.9 Å². The molecule has 0 bridgehead atoms. The van der Waals surface area contributed by atoms with Gasteiger partial charge in [0.1, 0.15) is 0 Å². The van der Waals surface area contributed by atoms with Gasteiger partial charge >= 0.3 is 18.2 Å². The van der Waals surface area contributed by atoms with Crippen LogP contribution in [0.3, 0.4) is 0 Å². The second kappa shape index (κ2) is 7.20. The molecule has 0 aromatic carbocycles. The van der Waals surface area contributed by atoms with Crippen molar-refractivity contribution in [2.45, 2.75) is 38.9 Å². The van der Waals surface area contributed by atoms with E-state index in [0.717, 1.165) is 4.90 Å². The molecule has 8 heteroatoms. The first-order chi connectivity index (χ1) is 8.58. The van der Waals surface area contributed by atoms with Gasteiger partial charge in [-0.15, -0.1) is 0 Å². The van der Waals surface area contributed by atoms with Crippen molar-refractivity contribution in [2.24, 2.45) is 0 Å². The van der Waals surface area contributed by atoms with Crippen LogP contribution in [0.1, 0.15) is 26.7 Å². The van der Waals surface area contributed by atoms with Gasteiger partial charge in [0.05, 0.1) is 12.8 Å². The van der Waals surface area contributed by atoms with Crippen LogP contribution >= 0.6 is 0 Å². The number of carbonyl (C=O) groups is 2. The number of aliphatic carboxylic acids is 1. The van der Waals surface area contributed by atoms with E-state index in [2.05, 4.69) is 0 Å². The molecule has 0 radical (unpaired) electrons. The van der Waals surface area contributed by atoms with Gasteiger partial charge in [-0.3, -0.25) is 4.79 Å². The first-order valence-electron chi connectivity index (χ1n) is 5.88. The molecule has 0 aromatic rings. The summed E-state index contributed by atoms with van der Waals surface area (Å²) >= 11 is 0. The van der Waals surface area contributed by atoms with Crippen molar-refractivity contribution in [3.63, 3.8) is 0 Å². The molecule has 1 N–H and O–H groups in total. The summed E-state index contributed by atoms with van der Waals surface area (Å²) in [7, 11) is 1.27. The van der Waals surface area contributed by atoms with Crippen molar-refractivity contribution in [2.75, 3.05) is 20.1 Å². The fraction of sp³-hybridized carbons (Fsp3) is 0.818. The molecular formula is C11H19F3N2O3. The second-order valence-electron chi connectivity index (χ2n) is 4.30. The van der Waals surface area contributed by atoms with E-state index in [1.807, 2.05) is 0 Å². The number of carbonyl (C=O) groups excluding carboxylic acids is 1. The number of amides is 2. The average molecular weight is 284 g/mol. The van der Waals surface area contributed by atoms with E-state index in [-0.39, 0.29) is 13.0 Å². The Morgan fingerprint density at radius 2 is 1.84 bits per heavy atom. The van der Waals surface area contributed by atoms with Crippen molar-refractivity contribution in [1.82, 2.24) is 9.80 Å². The van der Waals surface area contributed by atoms with Gasteiger partial charge in [0.15, 0.2) is 0 Å². The minimum Gasteiger partial charge on any atom is -0.481 e. The normalized spacial score (nSPS) is 12.9. The maximum atomic E-state index is 12.1. The van der Waals surface area contributed by atoms with Crippen LogP contribution in [0.2, 0.25) is 0 Å². The monoisotopic (exact) mass is 284 g/mol. The van der Waals surface area contributed by atoms with E-state index >= 15 is 0 Å². The fourth-order valence-corrected chi connectivity index (χ4v) is 1.61. The van der Waals surface area contributed by atoms with Crippen LogP contribution in [0.5, 0.6) is 0 Å². The number of rotatable bonds is 6. The zero-order valence-corrected chi connectivity index (χ0v) is 11.2. The summed E-state index contributed by atoms with van der Waals surface area (Å²) in [6.07, 6.45) is -5.65. The summed E-state index contributed by atoms with van der Waals surface area (Å²) in [6, 6.07) is -1.16. The highest BCUT2D eigenvalue weighted by molar-refractivity contribution is 5.75. The molecule has 5 nitrogen and oxygen atoms in total. The molecule has 2 amide bonds. The van der Waals surface area contributed by atoms with Gasteiger partial charge in [0, 0.05) is 26.2 Å². The summed E-state index contributed by atoms with van der Waals surface area (Å²) in [5, 5.41) is 8.66. The Hall–Kier alpha value is -1.47. The molecule has 0 aliphatic rings. The molecule has 0 spiro atoms. The van der Waals surface area contributed by atoms with Gasteiger partial charge in [0.2, 0.25) is 0 Å². The predicted octanol–water partition coefficient (Wildman–Crippen LogP) is 2.18. The number of hydrogen-bond donors (Lipinski definition) is 1. The first kappa shape index (κ1) is 17.5. The molecule has 112 valence electrons. The van der Waals surface area contributed by atoms with Crippen LogP contribution in [0, 0.1) is 0 Å². The highest BCUT2D eigenvalue weighted by Gasteiger charge is 2.30. The lowest BCUT2D eigenvalue weighted by molar-refractivity contribution is -0.138. The number of hydrogen-bond acceptors (Lipinski definition) is 2. The predicted molar refractivity (Wildman–Crippen MR) is 62.8 cm³/mol. The van der Waals surface area contributed by atoms with Gasteiger partial charge in [-0.25, -0.2) is 4.79 Å². The van der Waals surface area contributed by atoms with Crippen molar-refractivity contribution >= 4 is 12.0 Å². The van der Waals surface area contributed by atoms with Crippen LogP contribution in [0.4, 0.5) is 18.0 Å². The van der Waals surface area contributed by atoms with E-state index in [1.165, 1.54) is 11.9 Å². The molecule has 0 heterocycles. The third-order valence-corrected chi connectivity index (χ3v) is 2.65. The zero-order valence-electron chi connectivity index (χ0n) is 11.2. The van der Waals surface area contributed by atoms with Crippen molar-refractivity contribution in [1.29, 1.82) is 0 Å². The number of nitrogens with zero attached hydrogens (tertiary/aromatic N) is 2. The zero-order chi connectivity index (χ0) is 15.2. The van der Waals surface area contributed by atoms with Gasteiger partial charge in [0.25, 0.3) is 0 Å². The molecule has 0 aromatic heterocycles. The highest BCUT2D eigenvalue weighted by Crippen LogP contribution is 2.20. The Kier molecular flexibility index (Phi) is 6.64. The second-order valence-corrected chi connectivity index (χ2v) is 4.30. The lowest BCUT2D eigenvalue weighted by Gasteiger charge is -2.31. The Morgan fingerprint density at radius 1 is 1.32 bits per heavy atom. The maximum Gasteiger partial charge on any atom is 0.390 e. The minimum absolute atomic E-state index is 0.240. The third-order valence-electron chi connectivity index (χ3n) is 2.65. The van der Waals surface area contributed by atoms with Crippen LogP contribution in [-0.4, -0.2) is 59.3 Å². The topological polar surface area (TPSA) is 60.9 Å². The standard InChI is InChI=1S/C11H19F3N2O3/c1-4-16(8(2)7-9(17)18)10(19)15(3)6-5-11(12,13)14/h8H,4-7H2,1-3H3,(H,17,18). The van der Waals surface area contributed by atoms with Gasteiger partial charge < -0.3 is 14.9 Å². The number of carboxylic acids is 1. The Balaban J connectivity index is 4.52. The molecule has 1 atom stereocenters. The van der Waals surface area contributed by atoms with E-state index in [0.29, 0.717) is 0 Å². The average Bonchev–Trinajstić information content (AvgIpc) is 2.24. The molecular weight excluding hydrogens is 265 g/mol. The SMILES string of the molecule is CCN(C(=O)N(C)CCC(F)(F)F)C(C)CC(=O)O. The first-order valence-corrected chi connectivity index (χ1v) is 5.88. The summed E-state index contributed by atoms with van der Waals surface area (Å²) in [6.45, 7) is 2.99. The van der Waals surface area contributed by atoms with Crippen LogP contribution < -0.4 is 0 Å². The molecule has 19 heavy (non-hydrogen) atoms. The van der Waals surface area contributed by atoms with Crippen LogP contribution in [0.25, 0.3) is 0 Å². The summed E-state index contributed by atoms with van der Waals surface area (Å²) in [5.74, 6) is -1.06. The van der Waals surface area contributed by atoms with Crippen LogP contribution in [0.15, 0.2) is 0 Å². The number of carboxylic acid groups (broad SMARTS) is 1. The van der Waals surface area contributed by atoms with Gasteiger partial charge in [-0.1, -0.05) is 0 Å². The van der Waals surface area contributed by atoms with Crippen LogP contribution in [-0.2, 0) is 4.79 Å². The number of alkyl halides is 3. The van der Waals surface area contributed by atoms with E-state index < -0.39 is 37.2 Å². The summed E-state index contributed by atoms with van der Waals surface area (Å²) in [5.41, 5.74) is 0. The molecule has 0 saturated carbocycles. The fourth-order valence-electron chi connectivity index (χ4n) is 1.61. The third kappa shape index (κ3) is 6.88. The highest BCUT2D eigenvalue weighted by atomic mass is 19.4. The Labute approximate surface area is 110 Å². The Morgan fingerprint density at radius 3 is 2.21 bits per heavy atom. The van der Waals surface area contributed by atoms with Gasteiger partial charge in [-0.2, -0.15) is 13.2 Å².